The minimum atomic E-state index is -0.456. The van der Waals surface area contributed by atoms with E-state index in [0.717, 1.165) is 12.8 Å². The van der Waals surface area contributed by atoms with Crippen LogP contribution in [0.3, 0.4) is 0 Å². The van der Waals surface area contributed by atoms with Crippen LogP contribution in [0.25, 0.3) is 0 Å². The van der Waals surface area contributed by atoms with Crippen molar-refractivity contribution in [3.05, 3.63) is 39.9 Å². The van der Waals surface area contributed by atoms with Crippen LogP contribution in [0.4, 0.5) is 5.69 Å². The molecule has 1 aliphatic rings. The summed E-state index contributed by atoms with van der Waals surface area (Å²) in [4.78, 5) is 22.4. The first-order valence-corrected chi connectivity index (χ1v) is 7.33. The minimum Gasteiger partial charge on any atom is -0.352 e. The zero-order chi connectivity index (χ0) is 15.2. The molecule has 1 saturated carbocycles. The maximum Gasteiger partial charge on any atom is 0.269 e. The Morgan fingerprint density at radius 3 is 2.76 bits per heavy atom. The summed E-state index contributed by atoms with van der Waals surface area (Å²) in [6, 6.07) is 6.19. The molecule has 6 heteroatoms. The number of carbonyl (C=O) groups is 1. The number of carbonyl (C=O) groups excluding carboxylic acids is 1. The number of nitro groups is 1. The van der Waals surface area contributed by atoms with Crippen molar-refractivity contribution in [1.29, 1.82) is 0 Å². The quantitative estimate of drug-likeness (QED) is 0.616. The van der Waals surface area contributed by atoms with Crippen molar-refractivity contribution in [2.24, 2.45) is 11.7 Å². The number of hydrogen-bond donors (Lipinski definition) is 2. The smallest absolute Gasteiger partial charge is 0.269 e. The second-order valence-corrected chi connectivity index (χ2v) is 5.56. The lowest BCUT2D eigenvalue weighted by molar-refractivity contribution is -0.384. The maximum absolute atomic E-state index is 12.1. The summed E-state index contributed by atoms with van der Waals surface area (Å²) in [7, 11) is 0. The summed E-state index contributed by atoms with van der Waals surface area (Å²) in [5, 5.41) is 13.7. The lowest BCUT2D eigenvalue weighted by atomic mass is 9.98. The van der Waals surface area contributed by atoms with E-state index in [1.165, 1.54) is 25.0 Å². The SMILES string of the molecule is NCC(NC(=O)Cc1cccc([N+](=O)[O-])c1)C1CCCC1. The third kappa shape index (κ3) is 4.26. The van der Waals surface area contributed by atoms with E-state index in [4.69, 9.17) is 5.73 Å². The molecule has 3 N–H and O–H groups in total. The summed E-state index contributed by atoms with van der Waals surface area (Å²) < 4.78 is 0. The molecule has 1 atom stereocenters. The fraction of sp³-hybridized carbons (Fsp3) is 0.533. The van der Waals surface area contributed by atoms with E-state index < -0.39 is 4.92 Å². The van der Waals surface area contributed by atoms with E-state index in [1.807, 2.05) is 0 Å². The van der Waals surface area contributed by atoms with Gasteiger partial charge in [0.25, 0.3) is 5.69 Å². The molecule has 0 radical (unpaired) electrons. The van der Waals surface area contributed by atoms with Crippen LogP contribution in [0.2, 0.25) is 0 Å². The number of rotatable bonds is 6. The molecule has 6 nitrogen and oxygen atoms in total. The van der Waals surface area contributed by atoms with Crippen molar-refractivity contribution in [1.82, 2.24) is 5.32 Å². The van der Waals surface area contributed by atoms with E-state index in [9.17, 15) is 14.9 Å². The van der Waals surface area contributed by atoms with Gasteiger partial charge < -0.3 is 11.1 Å². The highest BCUT2D eigenvalue weighted by molar-refractivity contribution is 5.79. The summed E-state index contributed by atoms with van der Waals surface area (Å²) in [5.41, 5.74) is 6.40. The molecule has 1 unspecified atom stereocenters. The van der Waals surface area contributed by atoms with Gasteiger partial charge in [0.05, 0.1) is 11.3 Å². The molecule has 21 heavy (non-hydrogen) atoms. The van der Waals surface area contributed by atoms with Crippen molar-refractivity contribution >= 4 is 11.6 Å². The monoisotopic (exact) mass is 291 g/mol. The molecule has 1 aliphatic carbocycles. The second kappa shape index (κ2) is 7.17. The van der Waals surface area contributed by atoms with Gasteiger partial charge in [-0.3, -0.25) is 14.9 Å². The number of benzene rings is 1. The Bertz CT molecular complexity index is 513. The molecular formula is C15H21N3O3. The molecule has 114 valence electrons. The third-order valence-electron chi connectivity index (χ3n) is 4.06. The largest absolute Gasteiger partial charge is 0.352 e. The highest BCUT2D eigenvalue weighted by atomic mass is 16.6. The van der Waals surface area contributed by atoms with Crippen molar-refractivity contribution in [2.75, 3.05) is 6.54 Å². The maximum atomic E-state index is 12.1. The van der Waals surface area contributed by atoms with Crippen LogP contribution >= 0.6 is 0 Å². The van der Waals surface area contributed by atoms with Gasteiger partial charge in [0.1, 0.15) is 0 Å². The van der Waals surface area contributed by atoms with Gasteiger partial charge in [-0.15, -0.1) is 0 Å². The Morgan fingerprint density at radius 1 is 1.43 bits per heavy atom. The number of amides is 1. The van der Waals surface area contributed by atoms with Gasteiger partial charge in [0.15, 0.2) is 0 Å². The standard InChI is InChI=1S/C15H21N3O3/c16-10-14(12-5-1-2-6-12)17-15(19)9-11-4-3-7-13(8-11)18(20)21/h3-4,7-8,12,14H,1-2,5-6,9-10,16H2,(H,17,19). The lowest BCUT2D eigenvalue weighted by Gasteiger charge is -2.23. The number of nitrogens with two attached hydrogens (primary N) is 1. The first kappa shape index (κ1) is 15.4. The lowest BCUT2D eigenvalue weighted by Crippen LogP contribution is -2.45. The fourth-order valence-corrected chi connectivity index (χ4v) is 2.95. The van der Waals surface area contributed by atoms with Crippen LogP contribution in [0, 0.1) is 16.0 Å². The van der Waals surface area contributed by atoms with Crippen LogP contribution in [0.5, 0.6) is 0 Å². The zero-order valence-corrected chi connectivity index (χ0v) is 12.0. The fourth-order valence-electron chi connectivity index (χ4n) is 2.95. The average Bonchev–Trinajstić information content (AvgIpc) is 2.99. The van der Waals surface area contributed by atoms with Crippen LogP contribution in [0.1, 0.15) is 31.2 Å². The molecule has 0 saturated heterocycles. The topological polar surface area (TPSA) is 98.3 Å². The normalized spacial score (nSPS) is 16.6. The van der Waals surface area contributed by atoms with Gasteiger partial charge in [-0.05, 0) is 24.3 Å². The van der Waals surface area contributed by atoms with Crippen molar-refractivity contribution in [3.8, 4) is 0 Å². The predicted octanol–water partition coefficient (Wildman–Crippen LogP) is 1.77. The molecule has 1 fully saturated rings. The highest BCUT2D eigenvalue weighted by Gasteiger charge is 2.25. The van der Waals surface area contributed by atoms with Gasteiger partial charge in [-0.2, -0.15) is 0 Å². The molecule has 1 aromatic carbocycles. The van der Waals surface area contributed by atoms with Gasteiger partial charge in [0, 0.05) is 24.7 Å². The summed E-state index contributed by atoms with van der Waals surface area (Å²) in [6.45, 7) is 0.436. The molecule has 0 spiro atoms. The molecular weight excluding hydrogens is 270 g/mol. The molecule has 0 aromatic heterocycles. The highest BCUT2D eigenvalue weighted by Crippen LogP contribution is 2.27. The number of nitrogens with zero attached hydrogens (tertiary/aromatic N) is 1. The second-order valence-electron chi connectivity index (χ2n) is 5.56. The number of non-ortho nitro benzene ring substituents is 1. The molecule has 1 amide bonds. The Labute approximate surface area is 123 Å². The molecule has 1 aromatic rings. The Hall–Kier alpha value is -1.95. The van der Waals surface area contributed by atoms with Crippen LogP contribution in [-0.4, -0.2) is 23.4 Å². The first-order valence-electron chi connectivity index (χ1n) is 7.33. The number of nitro benzene ring substituents is 1. The van der Waals surface area contributed by atoms with E-state index in [2.05, 4.69) is 5.32 Å². The number of nitrogens with one attached hydrogen (secondary N) is 1. The number of hydrogen-bond acceptors (Lipinski definition) is 4. The summed E-state index contributed by atoms with van der Waals surface area (Å²) in [6.07, 6.45) is 4.76. The Balaban J connectivity index is 1.94. The Kier molecular flexibility index (Phi) is 5.27. The van der Waals surface area contributed by atoms with Gasteiger partial charge >= 0.3 is 0 Å². The summed E-state index contributed by atoms with van der Waals surface area (Å²) in [5.74, 6) is 0.335. The third-order valence-corrected chi connectivity index (χ3v) is 4.06. The van der Waals surface area contributed by atoms with Gasteiger partial charge in [-0.1, -0.05) is 25.0 Å². The van der Waals surface area contributed by atoms with E-state index in [0.29, 0.717) is 18.0 Å². The van der Waals surface area contributed by atoms with Crippen LogP contribution in [-0.2, 0) is 11.2 Å². The summed E-state index contributed by atoms with van der Waals surface area (Å²) >= 11 is 0. The predicted molar refractivity (Wildman–Crippen MR) is 79.7 cm³/mol. The van der Waals surface area contributed by atoms with Crippen LogP contribution < -0.4 is 11.1 Å². The van der Waals surface area contributed by atoms with E-state index in [-0.39, 0.29) is 24.1 Å². The van der Waals surface area contributed by atoms with E-state index in [1.54, 1.807) is 12.1 Å². The van der Waals surface area contributed by atoms with Crippen LogP contribution in [0.15, 0.2) is 24.3 Å². The van der Waals surface area contributed by atoms with Crippen molar-refractivity contribution in [3.63, 3.8) is 0 Å². The van der Waals surface area contributed by atoms with Crippen molar-refractivity contribution < 1.29 is 9.72 Å². The molecule has 0 bridgehead atoms. The molecule has 0 aliphatic heterocycles. The first-order chi connectivity index (χ1) is 10.1. The molecule has 2 rings (SSSR count). The minimum absolute atomic E-state index is 0.00599. The van der Waals surface area contributed by atoms with Gasteiger partial charge in [0.2, 0.25) is 5.91 Å². The van der Waals surface area contributed by atoms with E-state index >= 15 is 0 Å². The molecule has 0 heterocycles. The zero-order valence-electron chi connectivity index (χ0n) is 12.0. The van der Waals surface area contributed by atoms with Crippen molar-refractivity contribution in [2.45, 2.75) is 38.1 Å². The van der Waals surface area contributed by atoms with Gasteiger partial charge in [-0.25, -0.2) is 0 Å². The average molecular weight is 291 g/mol. The Morgan fingerprint density at radius 2 is 2.14 bits per heavy atom.